The van der Waals surface area contributed by atoms with E-state index in [0.29, 0.717) is 6.54 Å². The Morgan fingerprint density at radius 3 is 2.05 bits per heavy atom. The van der Waals surface area contributed by atoms with Crippen LogP contribution in [0.2, 0.25) is 0 Å². The largest absolute Gasteiger partial charge is 0.368 e. The van der Waals surface area contributed by atoms with Crippen LogP contribution in [0.25, 0.3) is 0 Å². The SMILES string of the molecule is CCCNC(CN(CC)CCCN(CC)CC)C(N)=O. The molecule has 0 aliphatic heterocycles. The van der Waals surface area contributed by atoms with Gasteiger partial charge in [0.05, 0.1) is 6.04 Å². The number of nitrogens with two attached hydrogens (primary N) is 1. The Morgan fingerprint density at radius 2 is 1.60 bits per heavy atom. The van der Waals surface area contributed by atoms with Crippen molar-refractivity contribution in [1.82, 2.24) is 15.1 Å². The fourth-order valence-corrected chi connectivity index (χ4v) is 2.27. The number of rotatable bonds is 13. The highest BCUT2D eigenvalue weighted by Crippen LogP contribution is 1.98. The van der Waals surface area contributed by atoms with Crippen molar-refractivity contribution in [2.45, 2.75) is 46.6 Å². The van der Waals surface area contributed by atoms with Gasteiger partial charge in [0.15, 0.2) is 0 Å². The van der Waals surface area contributed by atoms with Crippen LogP contribution >= 0.6 is 0 Å². The molecule has 0 bridgehead atoms. The maximum Gasteiger partial charge on any atom is 0.235 e. The lowest BCUT2D eigenvalue weighted by Gasteiger charge is -2.26. The Morgan fingerprint density at radius 1 is 1.05 bits per heavy atom. The molecule has 0 fully saturated rings. The fourth-order valence-electron chi connectivity index (χ4n) is 2.27. The van der Waals surface area contributed by atoms with Gasteiger partial charge in [-0.3, -0.25) is 4.79 Å². The first-order valence-electron chi connectivity index (χ1n) is 8.06. The summed E-state index contributed by atoms with van der Waals surface area (Å²) in [7, 11) is 0. The first kappa shape index (κ1) is 19.4. The maximum atomic E-state index is 11.5. The molecule has 3 N–H and O–H groups in total. The Labute approximate surface area is 124 Å². The summed E-state index contributed by atoms with van der Waals surface area (Å²) in [6.45, 7) is 15.5. The standard InChI is InChI=1S/C15H34N4O/c1-5-10-17-14(15(16)20)13-19(8-4)12-9-11-18(6-2)7-3/h14,17H,5-13H2,1-4H3,(H2,16,20). The van der Waals surface area contributed by atoms with E-state index in [-0.39, 0.29) is 11.9 Å². The van der Waals surface area contributed by atoms with E-state index in [2.05, 4.69) is 42.8 Å². The molecule has 0 spiro atoms. The van der Waals surface area contributed by atoms with Crippen molar-refractivity contribution >= 4 is 5.91 Å². The highest BCUT2D eigenvalue weighted by atomic mass is 16.1. The van der Waals surface area contributed by atoms with Gasteiger partial charge < -0.3 is 20.9 Å². The highest BCUT2D eigenvalue weighted by molar-refractivity contribution is 5.80. The number of hydrogen-bond donors (Lipinski definition) is 2. The molecule has 1 atom stereocenters. The third-order valence-electron chi connectivity index (χ3n) is 3.72. The van der Waals surface area contributed by atoms with Gasteiger partial charge in [-0.05, 0) is 52.1 Å². The van der Waals surface area contributed by atoms with Gasteiger partial charge in [0.1, 0.15) is 0 Å². The van der Waals surface area contributed by atoms with Crippen LogP contribution in [0.5, 0.6) is 0 Å². The van der Waals surface area contributed by atoms with Crippen molar-refractivity contribution in [3.63, 3.8) is 0 Å². The van der Waals surface area contributed by atoms with Crippen LogP contribution in [-0.4, -0.2) is 67.6 Å². The van der Waals surface area contributed by atoms with Crippen LogP contribution in [0.3, 0.4) is 0 Å². The molecule has 0 aromatic heterocycles. The number of carbonyl (C=O) groups is 1. The summed E-state index contributed by atoms with van der Waals surface area (Å²) in [5.41, 5.74) is 5.46. The molecule has 5 heteroatoms. The summed E-state index contributed by atoms with van der Waals surface area (Å²) >= 11 is 0. The molecule has 1 unspecified atom stereocenters. The van der Waals surface area contributed by atoms with E-state index >= 15 is 0 Å². The molecule has 0 saturated carbocycles. The summed E-state index contributed by atoms with van der Waals surface area (Å²) in [6, 6.07) is -0.233. The molecule has 0 rings (SSSR count). The van der Waals surface area contributed by atoms with Gasteiger partial charge in [-0.1, -0.05) is 27.7 Å². The van der Waals surface area contributed by atoms with Gasteiger partial charge in [0.25, 0.3) is 0 Å². The van der Waals surface area contributed by atoms with Crippen molar-refractivity contribution in [3.8, 4) is 0 Å². The molecule has 20 heavy (non-hydrogen) atoms. The smallest absolute Gasteiger partial charge is 0.235 e. The van der Waals surface area contributed by atoms with Gasteiger partial charge in [0.2, 0.25) is 5.91 Å². The van der Waals surface area contributed by atoms with Gasteiger partial charge >= 0.3 is 0 Å². The minimum Gasteiger partial charge on any atom is -0.368 e. The molecular weight excluding hydrogens is 252 g/mol. The third kappa shape index (κ3) is 8.51. The summed E-state index contributed by atoms with van der Waals surface area (Å²) < 4.78 is 0. The van der Waals surface area contributed by atoms with Crippen LogP contribution in [0.1, 0.15) is 40.5 Å². The number of amides is 1. The van der Waals surface area contributed by atoms with E-state index in [0.717, 1.165) is 52.1 Å². The minimum atomic E-state index is -0.249. The number of hydrogen-bond acceptors (Lipinski definition) is 4. The lowest BCUT2D eigenvalue weighted by atomic mass is 10.2. The maximum absolute atomic E-state index is 11.5. The lowest BCUT2D eigenvalue weighted by molar-refractivity contribution is -0.120. The molecule has 0 aliphatic rings. The van der Waals surface area contributed by atoms with Crippen LogP contribution in [0.15, 0.2) is 0 Å². The number of primary amides is 1. The summed E-state index contributed by atoms with van der Waals surface area (Å²) in [6.07, 6.45) is 2.15. The highest BCUT2D eigenvalue weighted by Gasteiger charge is 2.17. The monoisotopic (exact) mass is 286 g/mol. The zero-order chi connectivity index (χ0) is 15.4. The second kappa shape index (κ2) is 12.1. The lowest BCUT2D eigenvalue weighted by Crippen LogP contribution is -2.49. The molecule has 0 aromatic rings. The van der Waals surface area contributed by atoms with E-state index in [1.54, 1.807) is 0 Å². The van der Waals surface area contributed by atoms with Crippen molar-refractivity contribution in [2.24, 2.45) is 5.73 Å². The van der Waals surface area contributed by atoms with Gasteiger partial charge in [-0.15, -0.1) is 0 Å². The average molecular weight is 286 g/mol. The van der Waals surface area contributed by atoms with Gasteiger partial charge in [-0.2, -0.15) is 0 Å². The Hall–Kier alpha value is -0.650. The Kier molecular flexibility index (Phi) is 11.7. The Bertz CT molecular complexity index is 244. The summed E-state index contributed by atoms with van der Waals surface area (Å²) in [5.74, 6) is -0.249. The second-order valence-corrected chi connectivity index (χ2v) is 5.18. The molecule has 0 aliphatic carbocycles. The predicted molar refractivity (Wildman–Crippen MR) is 85.8 cm³/mol. The normalized spacial score (nSPS) is 13.1. The number of carbonyl (C=O) groups excluding carboxylic acids is 1. The van der Waals surface area contributed by atoms with Gasteiger partial charge in [0, 0.05) is 6.54 Å². The van der Waals surface area contributed by atoms with Crippen molar-refractivity contribution < 1.29 is 4.79 Å². The average Bonchev–Trinajstić information content (AvgIpc) is 2.45. The van der Waals surface area contributed by atoms with Crippen molar-refractivity contribution in [3.05, 3.63) is 0 Å². The summed E-state index contributed by atoms with van der Waals surface area (Å²) in [4.78, 5) is 16.2. The number of nitrogens with one attached hydrogen (secondary N) is 1. The van der Waals surface area contributed by atoms with Crippen LogP contribution < -0.4 is 11.1 Å². The first-order chi connectivity index (χ1) is 9.58. The molecule has 1 amide bonds. The molecular formula is C15H34N4O. The van der Waals surface area contributed by atoms with Crippen LogP contribution in [0.4, 0.5) is 0 Å². The van der Waals surface area contributed by atoms with E-state index in [4.69, 9.17) is 5.73 Å². The van der Waals surface area contributed by atoms with Crippen LogP contribution in [0, 0.1) is 0 Å². The zero-order valence-corrected chi connectivity index (χ0v) is 13.8. The molecule has 120 valence electrons. The molecule has 0 saturated heterocycles. The molecule has 0 aromatic carbocycles. The molecule has 0 heterocycles. The number of nitrogens with zero attached hydrogens (tertiary/aromatic N) is 2. The minimum absolute atomic E-state index is 0.233. The van der Waals surface area contributed by atoms with E-state index < -0.39 is 0 Å². The third-order valence-corrected chi connectivity index (χ3v) is 3.72. The topological polar surface area (TPSA) is 61.6 Å². The first-order valence-corrected chi connectivity index (χ1v) is 8.06. The fraction of sp³-hybridized carbons (Fsp3) is 0.933. The second-order valence-electron chi connectivity index (χ2n) is 5.18. The van der Waals surface area contributed by atoms with Gasteiger partial charge in [-0.25, -0.2) is 0 Å². The molecule has 0 radical (unpaired) electrons. The quantitative estimate of drug-likeness (QED) is 0.528. The zero-order valence-electron chi connectivity index (χ0n) is 13.8. The van der Waals surface area contributed by atoms with Crippen molar-refractivity contribution in [1.29, 1.82) is 0 Å². The van der Waals surface area contributed by atoms with E-state index in [9.17, 15) is 4.79 Å². The Balaban J connectivity index is 4.13. The van der Waals surface area contributed by atoms with Crippen LogP contribution in [-0.2, 0) is 4.79 Å². The molecule has 5 nitrogen and oxygen atoms in total. The summed E-state index contributed by atoms with van der Waals surface area (Å²) in [5, 5.41) is 3.23. The number of likely N-dealkylation sites (N-methyl/N-ethyl adjacent to an activating group) is 1. The predicted octanol–water partition coefficient (Wildman–Crippen LogP) is 0.894. The van der Waals surface area contributed by atoms with Crippen molar-refractivity contribution in [2.75, 3.05) is 45.8 Å². The van der Waals surface area contributed by atoms with E-state index in [1.807, 2.05) is 0 Å². The van der Waals surface area contributed by atoms with E-state index in [1.165, 1.54) is 0 Å².